The zero-order chi connectivity index (χ0) is 20.1. The first kappa shape index (κ1) is 21.1. The Morgan fingerprint density at radius 2 is 1.28 bits per heavy atom. The average molecular weight is 401 g/mol. The maximum Gasteiger partial charge on any atom is 0.118 e. The van der Waals surface area contributed by atoms with Gasteiger partial charge in [0.15, 0.2) is 0 Å². The predicted molar refractivity (Wildman–Crippen MR) is 118 cm³/mol. The summed E-state index contributed by atoms with van der Waals surface area (Å²) in [5, 5.41) is 12.4. The lowest BCUT2D eigenvalue weighted by Crippen LogP contribution is -2.53. The van der Waals surface area contributed by atoms with Gasteiger partial charge in [0, 0.05) is 24.9 Å². The van der Waals surface area contributed by atoms with Crippen LogP contribution < -0.4 is 4.74 Å². The average Bonchev–Trinajstić information content (AvgIpc) is 2.78. The summed E-state index contributed by atoms with van der Waals surface area (Å²) in [5.74, 6) is 1.50. The summed E-state index contributed by atoms with van der Waals surface area (Å²) in [6, 6.07) is 8.29. The standard InChI is InChI=1S/C25H40N2O2/c1-29-24-13-11-21(12-14-24)25(28)22(19-26-15-4-2-5-16-26)9-8-10-23(25)20-27-17-6-3-7-18-27/h11-14,22-23,28H,2-10,15-20H2,1H3. The molecule has 3 fully saturated rings. The number of methoxy groups -OCH3 is 1. The second kappa shape index (κ2) is 9.80. The van der Waals surface area contributed by atoms with Crippen LogP contribution in [0.1, 0.15) is 63.4 Å². The van der Waals surface area contributed by atoms with Gasteiger partial charge in [-0.25, -0.2) is 0 Å². The minimum absolute atomic E-state index is 0.317. The van der Waals surface area contributed by atoms with Gasteiger partial charge in [-0.15, -0.1) is 0 Å². The molecule has 1 aromatic rings. The molecule has 2 saturated heterocycles. The van der Waals surface area contributed by atoms with E-state index in [9.17, 15) is 5.11 Å². The lowest BCUT2D eigenvalue weighted by atomic mass is 9.64. The maximum absolute atomic E-state index is 12.4. The second-order valence-corrected chi connectivity index (χ2v) is 9.60. The van der Waals surface area contributed by atoms with Crippen molar-refractivity contribution in [3.8, 4) is 5.75 Å². The second-order valence-electron chi connectivity index (χ2n) is 9.60. The van der Waals surface area contributed by atoms with Gasteiger partial charge in [-0.05, 0) is 82.4 Å². The molecule has 1 aromatic carbocycles. The highest BCUT2D eigenvalue weighted by Gasteiger charge is 2.48. The van der Waals surface area contributed by atoms with E-state index >= 15 is 0 Å². The molecule has 0 amide bonds. The maximum atomic E-state index is 12.4. The van der Waals surface area contributed by atoms with Gasteiger partial charge in [0.2, 0.25) is 0 Å². The number of nitrogens with zero attached hydrogens (tertiary/aromatic N) is 2. The molecule has 1 N–H and O–H groups in total. The number of hydrogen-bond acceptors (Lipinski definition) is 4. The molecule has 2 unspecified atom stereocenters. The van der Waals surface area contributed by atoms with Gasteiger partial charge >= 0.3 is 0 Å². The first-order valence-electron chi connectivity index (χ1n) is 12.0. The largest absolute Gasteiger partial charge is 0.497 e. The molecule has 1 saturated carbocycles. The smallest absolute Gasteiger partial charge is 0.118 e. The third-order valence-electron chi connectivity index (χ3n) is 7.76. The highest BCUT2D eigenvalue weighted by molar-refractivity contribution is 5.32. The van der Waals surface area contributed by atoms with Gasteiger partial charge in [0.1, 0.15) is 5.75 Å². The van der Waals surface area contributed by atoms with Crippen LogP contribution in [0.25, 0.3) is 0 Å². The Labute approximate surface area is 177 Å². The van der Waals surface area contributed by atoms with Crippen LogP contribution in [0.15, 0.2) is 24.3 Å². The van der Waals surface area contributed by atoms with Crippen molar-refractivity contribution in [3.63, 3.8) is 0 Å². The van der Waals surface area contributed by atoms with Crippen molar-refractivity contribution in [3.05, 3.63) is 29.8 Å². The highest BCUT2D eigenvalue weighted by Crippen LogP contribution is 2.47. The molecule has 1 aliphatic carbocycles. The topological polar surface area (TPSA) is 35.9 Å². The number of hydrogen-bond donors (Lipinski definition) is 1. The summed E-state index contributed by atoms with van der Waals surface area (Å²) in [6.45, 7) is 6.88. The third-order valence-corrected chi connectivity index (χ3v) is 7.76. The van der Waals surface area contributed by atoms with Crippen molar-refractivity contribution in [1.29, 1.82) is 0 Å². The van der Waals surface area contributed by atoms with E-state index in [0.29, 0.717) is 11.8 Å². The molecule has 4 rings (SSSR count). The van der Waals surface area contributed by atoms with Gasteiger partial charge in [0.05, 0.1) is 12.7 Å². The van der Waals surface area contributed by atoms with Gasteiger partial charge in [0.25, 0.3) is 0 Å². The van der Waals surface area contributed by atoms with E-state index in [1.54, 1.807) is 7.11 Å². The van der Waals surface area contributed by atoms with Gasteiger partial charge in [-0.3, -0.25) is 0 Å². The molecule has 162 valence electrons. The van der Waals surface area contributed by atoms with Crippen LogP contribution in [0.2, 0.25) is 0 Å². The molecular weight excluding hydrogens is 360 g/mol. The van der Waals surface area contributed by atoms with Crippen LogP contribution >= 0.6 is 0 Å². The van der Waals surface area contributed by atoms with E-state index < -0.39 is 5.60 Å². The zero-order valence-electron chi connectivity index (χ0n) is 18.3. The molecule has 4 nitrogen and oxygen atoms in total. The van der Waals surface area contributed by atoms with Crippen LogP contribution in [0.3, 0.4) is 0 Å². The van der Waals surface area contributed by atoms with Crippen LogP contribution in [-0.4, -0.2) is 61.3 Å². The zero-order valence-corrected chi connectivity index (χ0v) is 18.3. The summed E-state index contributed by atoms with van der Waals surface area (Å²) in [7, 11) is 1.71. The van der Waals surface area contributed by atoms with Gasteiger partial charge in [-0.1, -0.05) is 31.4 Å². The van der Waals surface area contributed by atoms with Crippen LogP contribution in [0.4, 0.5) is 0 Å². The Morgan fingerprint density at radius 1 is 0.793 bits per heavy atom. The van der Waals surface area contributed by atoms with Crippen molar-refractivity contribution < 1.29 is 9.84 Å². The lowest BCUT2D eigenvalue weighted by molar-refractivity contribution is -0.119. The highest BCUT2D eigenvalue weighted by atomic mass is 16.5. The molecule has 4 heteroatoms. The van der Waals surface area contributed by atoms with Crippen LogP contribution in [0, 0.1) is 11.8 Å². The van der Waals surface area contributed by atoms with E-state index in [4.69, 9.17) is 4.74 Å². The number of benzene rings is 1. The lowest BCUT2D eigenvalue weighted by Gasteiger charge is -2.49. The Kier molecular flexibility index (Phi) is 7.15. The van der Waals surface area contributed by atoms with E-state index in [1.165, 1.54) is 71.1 Å². The van der Waals surface area contributed by atoms with Crippen LogP contribution in [0.5, 0.6) is 5.75 Å². The predicted octanol–water partition coefficient (Wildman–Crippen LogP) is 4.27. The van der Waals surface area contributed by atoms with Crippen molar-refractivity contribution in [2.75, 3.05) is 46.4 Å². The van der Waals surface area contributed by atoms with E-state index in [2.05, 4.69) is 21.9 Å². The van der Waals surface area contributed by atoms with Crippen molar-refractivity contribution in [2.24, 2.45) is 11.8 Å². The molecule has 0 radical (unpaired) electrons. The minimum atomic E-state index is -0.737. The number of piperidine rings is 2. The molecule has 29 heavy (non-hydrogen) atoms. The number of ether oxygens (including phenoxy) is 1. The fourth-order valence-corrected chi connectivity index (χ4v) is 6.08. The van der Waals surface area contributed by atoms with Crippen molar-refractivity contribution in [1.82, 2.24) is 9.80 Å². The number of likely N-dealkylation sites (tertiary alicyclic amines) is 2. The first-order valence-corrected chi connectivity index (χ1v) is 12.0. The molecule has 0 spiro atoms. The van der Waals surface area contributed by atoms with E-state index in [1.807, 2.05) is 12.1 Å². The molecule has 2 heterocycles. The Morgan fingerprint density at radius 3 is 1.72 bits per heavy atom. The van der Waals surface area contributed by atoms with Crippen LogP contribution in [-0.2, 0) is 5.60 Å². The van der Waals surface area contributed by atoms with Crippen molar-refractivity contribution in [2.45, 2.75) is 63.4 Å². The summed E-state index contributed by atoms with van der Waals surface area (Å²) in [6.07, 6.45) is 11.5. The number of aliphatic hydroxyl groups is 1. The SMILES string of the molecule is COc1ccc(C2(O)C(CN3CCCCC3)CCCC2CN2CCCCC2)cc1. The summed E-state index contributed by atoms with van der Waals surface area (Å²) in [5.41, 5.74) is 0.362. The summed E-state index contributed by atoms with van der Waals surface area (Å²) in [4.78, 5) is 5.23. The number of rotatable bonds is 6. The van der Waals surface area contributed by atoms with E-state index in [0.717, 1.165) is 37.2 Å². The van der Waals surface area contributed by atoms with E-state index in [-0.39, 0.29) is 0 Å². The molecule has 0 bridgehead atoms. The molecule has 2 aliphatic heterocycles. The normalized spacial score (nSPS) is 32.2. The Bertz CT molecular complexity index is 592. The van der Waals surface area contributed by atoms with Crippen molar-refractivity contribution >= 4 is 0 Å². The molecule has 2 atom stereocenters. The first-order chi connectivity index (χ1) is 14.2. The monoisotopic (exact) mass is 400 g/mol. The molecular formula is C25H40N2O2. The fraction of sp³-hybridized carbons (Fsp3) is 0.760. The fourth-order valence-electron chi connectivity index (χ4n) is 6.08. The molecule has 3 aliphatic rings. The third kappa shape index (κ3) is 4.81. The minimum Gasteiger partial charge on any atom is -0.497 e. The van der Waals surface area contributed by atoms with Gasteiger partial charge < -0.3 is 19.6 Å². The summed E-state index contributed by atoms with van der Waals surface area (Å²) >= 11 is 0. The molecule has 0 aromatic heterocycles. The van der Waals surface area contributed by atoms with Gasteiger partial charge in [-0.2, -0.15) is 0 Å². The Hall–Kier alpha value is -1.10. The quantitative estimate of drug-likeness (QED) is 0.774. The Balaban J connectivity index is 1.59. The summed E-state index contributed by atoms with van der Waals surface area (Å²) < 4.78 is 5.39.